The lowest BCUT2D eigenvalue weighted by molar-refractivity contribution is -0.122. The molecule has 0 bridgehead atoms. The van der Waals surface area contributed by atoms with E-state index >= 15 is 0 Å². The molecule has 6 heteroatoms. The van der Waals surface area contributed by atoms with E-state index in [-0.39, 0.29) is 11.8 Å². The van der Waals surface area contributed by atoms with Gasteiger partial charge in [0.25, 0.3) is 0 Å². The predicted octanol–water partition coefficient (Wildman–Crippen LogP) is 2.31. The molecule has 1 N–H and O–H groups in total. The van der Waals surface area contributed by atoms with Gasteiger partial charge in [0, 0.05) is 19.1 Å². The molecule has 0 atom stereocenters. The number of hydrogen-bond donors (Lipinski definition) is 1. The maximum Gasteiger partial charge on any atom is 0.231 e. The van der Waals surface area contributed by atoms with Crippen LogP contribution in [0.15, 0.2) is 18.3 Å². The van der Waals surface area contributed by atoms with Gasteiger partial charge in [-0.25, -0.2) is 4.98 Å². The van der Waals surface area contributed by atoms with E-state index in [1.165, 1.54) is 0 Å². The fourth-order valence-corrected chi connectivity index (χ4v) is 1.25. The van der Waals surface area contributed by atoms with Crippen LogP contribution in [0.2, 0.25) is 0 Å². The van der Waals surface area contributed by atoms with Crippen molar-refractivity contribution < 1.29 is 14.3 Å². The van der Waals surface area contributed by atoms with Crippen LogP contribution >= 0.6 is 11.6 Å². The Hall–Kier alpha value is -1.33. The summed E-state index contributed by atoms with van der Waals surface area (Å²) in [6, 6.07) is 3.43. The number of nitrogens with one attached hydrogen (secondary N) is 1. The first-order chi connectivity index (χ1) is 8.99. The molecule has 1 amide bonds. The van der Waals surface area contributed by atoms with Gasteiger partial charge in [-0.3, -0.25) is 4.79 Å². The third kappa shape index (κ3) is 5.04. The monoisotopic (exact) mass is 286 g/mol. The zero-order chi connectivity index (χ0) is 14.3. The van der Waals surface area contributed by atoms with Crippen molar-refractivity contribution in [2.75, 3.05) is 31.5 Å². The number of carbonyl (C=O) groups is 1. The molecule has 0 fully saturated rings. The number of methoxy groups -OCH3 is 1. The molecule has 0 saturated heterocycles. The molecule has 0 aromatic carbocycles. The van der Waals surface area contributed by atoms with Gasteiger partial charge in [0.2, 0.25) is 11.8 Å². The van der Waals surface area contributed by atoms with E-state index in [0.29, 0.717) is 24.8 Å². The fourth-order valence-electron chi connectivity index (χ4n) is 1.13. The van der Waals surface area contributed by atoms with E-state index in [4.69, 9.17) is 21.1 Å². The summed E-state index contributed by atoms with van der Waals surface area (Å²) in [6.07, 6.45) is 1.55. The van der Waals surface area contributed by atoms with Crippen molar-refractivity contribution >= 4 is 23.2 Å². The topological polar surface area (TPSA) is 60.5 Å². The highest BCUT2D eigenvalue weighted by atomic mass is 35.5. The average molecular weight is 287 g/mol. The second-order valence-corrected chi connectivity index (χ2v) is 4.97. The van der Waals surface area contributed by atoms with Crippen LogP contribution in [-0.2, 0) is 9.53 Å². The summed E-state index contributed by atoms with van der Waals surface area (Å²) in [6.45, 7) is 4.51. The maximum atomic E-state index is 11.9. The summed E-state index contributed by atoms with van der Waals surface area (Å²) in [7, 11) is 1.61. The summed E-state index contributed by atoms with van der Waals surface area (Å²) in [5.74, 6) is 0.605. The van der Waals surface area contributed by atoms with Crippen LogP contribution in [0, 0.1) is 5.41 Å². The van der Waals surface area contributed by atoms with Gasteiger partial charge >= 0.3 is 0 Å². The summed E-state index contributed by atoms with van der Waals surface area (Å²) < 4.78 is 10.2. The Morgan fingerprint density at radius 2 is 2.16 bits per heavy atom. The van der Waals surface area contributed by atoms with Crippen LogP contribution in [-0.4, -0.2) is 37.1 Å². The number of alkyl halides is 1. The number of halogens is 1. The van der Waals surface area contributed by atoms with Gasteiger partial charge in [-0.2, -0.15) is 0 Å². The Morgan fingerprint density at radius 3 is 2.68 bits per heavy atom. The molecule has 0 saturated carbocycles. The molecule has 19 heavy (non-hydrogen) atoms. The van der Waals surface area contributed by atoms with Crippen molar-refractivity contribution in [2.45, 2.75) is 13.8 Å². The highest BCUT2D eigenvalue weighted by Gasteiger charge is 2.26. The van der Waals surface area contributed by atoms with Gasteiger partial charge < -0.3 is 14.8 Å². The smallest absolute Gasteiger partial charge is 0.231 e. The first-order valence-electron chi connectivity index (χ1n) is 5.95. The van der Waals surface area contributed by atoms with Crippen LogP contribution in [0.5, 0.6) is 5.88 Å². The fraction of sp³-hybridized carbons (Fsp3) is 0.538. The first-order valence-corrected chi connectivity index (χ1v) is 6.48. The van der Waals surface area contributed by atoms with E-state index < -0.39 is 5.41 Å². The Bertz CT molecular complexity index is 407. The third-order valence-electron chi connectivity index (χ3n) is 2.48. The van der Waals surface area contributed by atoms with Crippen LogP contribution in [0.3, 0.4) is 0 Å². The van der Waals surface area contributed by atoms with Crippen molar-refractivity contribution in [2.24, 2.45) is 5.41 Å². The minimum Gasteiger partial charge on any atom is -0.475 e. The number of nitrogens with zero attached hydrogens (tertiary/aromatic N) is 1. The summed E-state index contributed by atoms with van der Waals surface area (Å²) in [5.41, 5.74) is -0.00266. The number of aromatic nitrogens is 1. The number of rotatable bonds is 7. The zero-order valence-corrected chi connectivity index (χ0v) is 12.2. The number of hydrogen-bond acceptors (Lipinski definition) is 4. The van der Waals surface area contributed by atoms with Gasteiger partial charge in [0.1, 0.15) is 6.61 Å². The highest BCUT2D eigenvalue weighted by Crippen LogP contribution is 2.20. The molecule has 0 aliphatic heterocycles. The van der Waals surface area contributed by atoms with Crippen molar-refractivity contribution in [3.05, 3.63) is 18.3 Å². The zero-order valence-electron chi connectivity index (χ0n) is 11.4. The Kier molecular flexibility index (Phi) is 6.05. The molecular formula is C13H19ClN2O3. The lowest BCUT2D eigenvalue weighted by Crippen LogP contribution is -2.32. The van der Waals surface area contributed by atoms with Crippen LogP contribution in [0.25, 0.3) is 0 Å². The molecule has 1 rings (SSSR count). The molecule has 5 nitrogen and oxygen atoms in total. The minimum atomic E-state index is -0.616. The second kappa shape index (κ2) is 7.31. The Balaban J connectivity index is 2.55. The van der Waals surface area contributed by atoms with E-state index in [1.807, 2.05) is 0 Å². The van der Waals surface area contributed by atoms with E-state index in [1.54, 1.807) is 39.3 Å². The number of pyridine rings is 1. The van der Waals surface area contributed by atoms with E-state index in [2.05, 4.69) is 10.3 Å². The summed E-state index contributed by atoms with van der Waals surface area (Å²) in [5, 5.41) is 2.76. The predicted molar refractivity (Wildman–Crippen MR) is 74.7 cm³/mol. The van der Waals surface area contributed by atoms with Crippen LogP contribution in [0.4, 0.5) is 5.69 Å². The molecule has 0 unspecified atom stereocenters. The molecule has 0 radical (unpaired) electrons. The van der Waals surface area contributed by atoms with Gasteiger partial charge in [-0.15, -0.1) is 11.6 Å². The largest absolute Gasteiger partial charge is 0.475 e. The van der Waals surface area contributed by atoms with Gasteiger partial charge in [-0.05, 0) is 19.9 Å². The van der Waals surface area contributed by atoms with E-state index in [0.717, 1.165) is 0 Å². The van der Waals surface area contributed by atoms with Crippen molar-refractivity contribution in [1.29, 1.82) is 0 Å². The van der Waals surface area contributed by atoms with Crippen molar-refractivity contribution in [1.82, 2.24) is 4.98 Å². The SMILES string of the molecule is COCCOc1ccc(NC(=O)C(C)(C)CCl)cn1. The van der Waals surface area contributed by atoms with Crippen LogP contribution < -0.4 is 10.1 Å². The first kappa shape index (κ1) is 15.7. The Labute approximate surface area is 118 Å². The summed E-state index contributed by atoms with van der Waals surface area (Å²) >= 11 is 5.74. The molecule has 1 heterocycles. The van der Waals surface area contributed by atoms with Gasteiger partial charge in [-0.1, -0.05) is 0 Å². The average Bonchev–Trinajstić information content (AvgIpc) is 2.41. The quantitative estimate of drug-likeness (QED) is 0.617. The minimum absolute atomic E-state index is 0.141. The number of amides is 1. The maximum absolute atomic E-state index is 11.9. The van der Waals surface area contributed by atoms with Crippen molar-refractivity contribution in [3.63, 3.8) is 0 Å². The lowest BCUT2D eigenvalue weighted by Gasteiger charge is -2.20. The lowest BCUT2D eigenvalue weighted by atomic mass is 9.95. The molecule has 1 aromatic heterocycles. The summed E-state index contributed by atoms with van der Waals surface area (Å²) in [4.78, 5) is 16.0. The van der Waals surface area contributed by atoms with Crippen LogP contribution in [0.1, 0.15) is 13.8 Å². The number of ether oxygens (including phenoxy) is 2. The molecule has 1 aromatic rings. The van der Waals surface area contributed by atoms with Gasteiger partial charge in [0.05, 0.1) is 23.9 Å². The normalized spacial score (nSPS) is 11.2. The molecular weight excluding hydrogens is 268 g/mol. The molecule has 0 aliphatic carbocycles. The third-order valence-corrected chi connectivity index (χ3v) is 3.15. The standard InChI is InChI=1S/C13H19ClN2O3/c1-13(2,9-14)12(17)16-10-4-5-11(15-8-10)19-7-6-18-3/h4-5,8H,6-7,9H2,1-3H3,(H,16,17). The van der Waals surface area contributed by atoms with Crippen molar-refractivity contribution in [3.8, 4) is 5.88 Å². The molecule has 106 valence electrons. The second-order valence-electron chi connectivity index (χ2n) is 4.70. The number of carbonyl (C=O) groups excluding carboxylic acids is 1. The van der Waals surface area contributed by atoms with Gasteiger partial charge in [0.15, 0.2) is 0 Å². The highest BCUT2D eigenvalue weighted by molar-refractivity contribution is 6.20. The Morgan fingerprint density at radius 1 is 1.42 bits per heavy atom. The molecule has 0 spiro atoms. The molecule has 0 aliphatic rings. The van der Waals surface area contributed by atoms with E-state index in [9.17, 15) is 4.79 Å². The number of anilines is 1.